The zero-order chi connectivity index (χ0) is 13.0. The van der Waals surface area contributed by atoms with Crippen LogP contribution >= 0.6 is 0 Å². The molecule has 2 N–H and O–H groups in total. The minimum atomic E-state index is 0.312. The first kappa shape index (κ1) is 13.5. The van der Waals surface area contributed by atoms with Crippen molar-refractivity contribution in [1.29, 1.82) is 0 Å². The Kier molecular flexibility index (Phi) is 4.36. The van der Waals surface area contributed by atoms with E-state index >= 15 is 0 Å². The quantitative estimate of drug-likeness (QED) is 0.866. The second kappa shape index (κ2) is 5.81. The molecule has 1 aromatic rings. The van der Waals surface area contributed by atoms with E-state index in [1.807, 2.05) is 12.4 Å². The summed E-state index contributed by atoms with van der Waals surface area (Å²) in [5.74, 6) is 0. The van der Waals surface area contributed by atoms with Gasteiger partial charge in [-0.2, -0.15) is 0 Å². The number of rotatable bonds is 5. The van der Waals surface area contributed by atoms with Crippen LogP contribution < -0.4 is 5.73 Å². The molecule has 3 nitrogen and oxygen atoms in total. The van der Waals surface area contributed by atoms with E-state index < -0.39 is 0 Å². The summed E-state index contributed by atoms with van der Waals surface area (Å²) in [6.07, 6.45) is 8.57. The standard InChI is InChI=1S/C15H25N3/c1-15(8-3-4-14(15)16)12-18(2)11-7-13-5-9-17-10-6-13/h5-6,9-10,14H,3-4,7-8,11-12,16H2,1-2H3. The molecule has 1 heterocycles. The summed E-state index contributed by atoms with van der Waals surface area (Å²) in [6, 6.07) is 4.56. The lowest BCUT2D eigenvalue weighted by molar-refractivity contribution is 0.179. The Morgan fingerprint density at radius 2 is 2.17 bits per heavy atom. The van der Waals surface area contributed by atoms with Gasteiger partial charge in [0, 0.05) is 31.5 Å². The van der Waals surface area contributed by atoms with Gasteiger partial charge in [0.2, 0.25) is 0 Å². The van der Waals surface area contributed by atoms with E-state index in [2.05, 4.69) is 36.0 Å². The Labute approximate surface area is 110 Å². The molecule has 2 unspecified atom stereocenters. The summed E-state index contributed by atoms with van der Waals surface area (Å²) >= 11 is 0. The molecule has 1 aliphatic carbocycles. The molecule has 1 aliphatic rings. The van der Waals surface area contributed by atoms with Gasteiger partial charge >= 0.3 is 0 Å². The summed E-state index contributed by atoms with van der Waals surface area (Å²) < 4.78 is 0. The minimum Gasteiger partial charge on any atom is -0.327 e. The number of pyridine rings is 1. The van der Waals surface area contributed by atoms with Crippen LogP contribution in [-0.2, 0) is 6.42 Å². The second-order valence-electron chi connectivity index (χ2n) is 6.00. The molecule has 100 valence electrons. The SMILES string of the molecule is CN(CCc1ccncc1)CC1(C)CCCC1N. The third kappa shape index (κ3) is 3.30. The average Bonchev–Trinajstić information content (AvgIpc) is 2.68. The third-order valence-electron chi connectivity index (χ3n) is 4.32. The Balaban J connectivity index is 1.80. The molecule has 0 aromatic carbocycles. The van der Waals surface area contributed by atoms with Gasteiger partial charge in [0.25, 0.3) is 0 Å². The summed E-state index contributed by atoms with van der Waals surface area (Å²) in [5.41, 5.74) is 7.91. The van der Waals surface area contributed by atoms with Gasteiger partial charge in [-0.25, -0.2) is 0 Å². The third-order valence-corrected chi connectivity index (χ3v) is 4.32. The van der Waals surface area contributed by atoms with Crippen molar-refractivity contribution in [1.82, 2.24) is 9.88 Å². The number of aromatic nitrogens is 1. The lowest BCUT2D eigenvalue weighted by Gasteiger charge is -2.33. The number of likely N-dealkylation sites (N-methyl/N-ethyl adjacent to an activating group) is 1. The Bertz CT molecular complexity index is 365. The average molecular weight is 247 g/mol. The van der Waals surface area contributed by atoms with Crippen LogP contribution in [0.25, 0.3) is 0 Å². The Morgan fingerprint density at radius 1 is 1.44 bits per heavy atom. The molecule has 2 rings (SSSR count). The summed E-state index contributed by atoms with van der Waals surface area (Å²) in [7, 11) is 2.21. The molecule has 1 aromatic heterocycles. The van der Waals surface area contributed by atoms with Crippen molar-refractivity contribution in [3.63, 3.8) is 0 Å². The van der Waals surface area contributed by atoms with Crippen molar-refractivity contribution in [2.24, 2.45) is 11.1 Å². The molecule has 1 fully saturated rings. The van der Waals surface area contributed by atoms with E-state index in [4.69, 9.17) is 5.73 Å². The predicted octanol–water partition coefficient (Wildman–Crippen LogP) is 2.07. The van der Waals surface area contributed by atoms with Crippen LogP contribution in [0, 0.1) is 5.41 Å². The maximum absolute atomic E-state index is 6.23. The predicted molar refractivity (Wildman–Crippen MR) is 75.4 cm³/mol. The molecule has 2 atom stereocenters. The topological polar surface area (TPSA) is 42.2 Å². The molecular formula is C15H25N3. The molecule has 0 radical (unpaired) electrons. The van der Waals surface area contributed by atoms with Gasteiger partial charge in [-0.05, 0) is 49.4 Å². The Hall–Kier alpha value is -0.930. The molecule has 3 heteroatoms. The van der Waals surface area contributed by atoms with Gasteiger partial charge in [0.1, 0.15) is 0 Å². The largest absolute Gasteiger partial charge is 0.327 e. The summed E-state index contributed by atoms with van der Waals surface area (Å²) in [5, 5.41) is 0. The van der Waals surface area contributed by atoms with Crippen molar-refractivity contribution in [2.75, 3.05) is 20.1 Å². The number of hydrogen-bond donors (Lipinski definition) is 1. The van der Waals surface area contributed by atoms with Gasteiger partial charge < -0.3 is 10.6 Å². The highest BCUT2D eigenvalue weighted by molar-refractivity contribution is 5.09. The highest BCUT2D eigenvalue weighted by atomic mass is 15.1. The van der Waals surface area contributed by atoms with E-state index in [0.29, 0.717) is 11.5 Å². The summed E-state index contributed by atoms with van der Waals surface area (Å²) in [4.78, 5) is 6.47. The van der Waals surface area contributed by atoms with Crippen LogP contribution in [-0.4, -0.2) is 36.1 Å². The first-order chi connectivity index (χ1) is 8.60. The van der Waals surface area contributed by atoms with Crippen LogP contribution in [0.1, 0.15) is 31.7 Å². The van der Waals surface area contributed by atoms with Gasteiger partial charge in [0.15, 0.2) is 0 Å². The molecule has 0 spiro atoms. The molecule has 0 bridgehead atoms. The molecule has 0 saturated heterocycles. The summed E-state index contributed by atoms with van der Waals surface area (Å²) in [6.45, 7) is 4.54. The minimum absolute atomic E-state index is 0.312. The zero-order valence-corrected chi connectivity index (χ0v) is 11.6. The first-order valence-corrected chi connectivity index (χ1v) is 6.93. The lowest BCUT2D eigenvalue weighted by atomic mass is 9.84. The molecule has 0 amide bonds. The van der Waals surface area contributed by atoms with E-state index in [0.717, 1.165) is 19.5 Å². The van der Waals surface area contributed by atoms with Crippen LogP contribution in [0.5, 0.6) is 0 Å². The molecule has 1 saturated carbocycles. The second-order valence-corrected chi connectivity index (χ2v) is 6.00. The van der Waals surface area contributed by atoms with Gasteiger partial charge in [-0.15, -0.1) is 0 Å². The fourth-order valence-electron chi connectivity index (χ4n) is 3.02. The highest BCUT2D eigenvalue weighted by Gasteiger charge is 2.36. The zero-order valence-electron chi connectivity index (χ0n) is 11.6. The molecule has 18 heavy (non-hydrogen) atoms. The normalized spacial score (nSPS) is 27.9. The van der Waals surface area contributed by atoms with Gasteiger partial charge in [-0.1, -0.05) is 13.3 Å². The van der Waals surface area contributed by atoms with Crippen LogP contribution in [0.4, 0.5) is 0 Å². The van der Waals surface area contributed by atoms with Crippen LogP contribution in [0.3, 0.4) is 0 Å². The van der Waals surface area contributed by atoms with Crippen molar-refractivity contribution >= 4 is 0 Å². The van der Waals surface area contributed by atoms with Crippen LogP contribution in [0.2, 0.25) is 0 Å². The maximum Gasteiger partial charge on any atom is 0.0270 e. The number of nitrogens with two attached hydrogens (primary N) is 1. The highest BCUT2D eigenvalue weighted by Crippen LogP contribution is 2.37. The first-order valence-electron chi connectivity index (χ1n) is 6.93. The van der Waals surface area contributed by atoms with Crippen LogP contribution in [0.15, 0.2) is 24.5 Å². The van der Waals surface area contributed by atoms with Crippen molar-refractivity contribution in [2.45, 2.75) is 38.6 Å². The van der Waals surface area contributed by atoms with Crippen molar-refractivity contribution in [3.05, 3.63) is 30.1 Å². The molecule has 0 aliphatic heterocycles. The maximum atomic E-state index is 6.23. The smallest absolute Gasteiger partial charge is 0.0270 e. The van der Waals surface area contributed by atoms with E-state index in [9.17, 15) is 0 Å². The monoisotopic (exact) mass is 247 g/mol. The van der Waals surface area contributed by atoms with Crippen molar-refractivity contribution in [3.8, 4) is 0 Å². The number of nitrogens with zero attached hydrogens (tertiary/aromatic N) is 2. The number of hydrogen-bond acceptors (Lipinski definition) is 3. The van der Waals surface area contributed by atoms with E-state index in [-0.39, 0.29) is 0 Å². The fourth-order valence-corrected chi connectivity index (χ4v) is 3.02. The van der Waals surface area contributed by atoms with Gasteiger partial charge in [-0.3, -0.25) is 4.98 Å². The fraction of sp³-hybridized carbons (Fsp3) is 0.667. The van der Waals surface area contributed by atoms with E-state index in [1.54, 1.807) is 0 Å². The van der Waals surface area contributed by atoms with E-state index in [1.165, 1.54) is 24.8 Å². The Morgan fingerprint density at radius 3 is 2.78 bits per heavy atom. The lowest BCUT2D eigenvalue weighted by Crippen LogP contribution is -2.43. The molecular weight excluding hydrogens is 222 g/mol. The van der Waals surface area contributed by atoms with Gasteiger partial charge in [0.05, 0.1) is 0 Å². The van der Waals surface area contributed by atoms with Crippen molar-refractivity contribution < 1.29 is 0 Å².